The van der Waals surface area contributed by atoms with Crippen molar-refractivity contribution in [3.63, 3.8) is 0 Å². The molecule has 404 valence electrons. The summed E-state index contributed by atoms with van der Waals surface area (Å²) in [5.74, 6) is -3.92. The summed E-state index contributed by atoms with van der Waals surface area (Å²) in [5.41, 5.74) is -1.78. The molecule has 1 aromatic carbocycles. The molecule has 2 aromatic rings. The molecule has 7 N–H and O–H groups in total. The van der Waals surface area contributed by atoms with Crippen molar-refractivity contribution in [2.75, 3.05) is 41.0 Å². The highest BCUT2D eigenvalue weighted by molar-refractivity contribution is 7.12. The number of nitrogens with one attached hydrogen (secondary N) is 1. The number of aliphatic hydroxyl groups is 6. The molecule has 0 saturated carbocycles. The van der Waals surface area contributed by atoms with Crippen LogP contribution in [0.3, 0.4) is 0 Å². The van der Waals surface area contributed by atoms with E-state index >= 15 is 0 Å². The van der Waals surface area contributed by atoms with Crippen molar-refractivity contribution >= 4 is 23.2 Å². The molecule has 1 amide bonds. The first kappa shape index (κ1) is 59.1. The van der Waals surface area contributed by atoms with E-state index in [0.717, 1.165) is 5.56 Å². The van der Waals surface area contributed by atoms with Crippen LogP contribution in [-0.4, -0.2) is 194 Å². The lowest BCUT2D eigenvalue weighted by Crippen LogP contribution is -2.62. The number of nitrogens with zero attached hydrogens (tertiary/aromatic N) is 4. The van der Waals surface area contributed by atoms with Gasteiger partial charge in [-0.25, -0.2) is 4.39 Å². The highest BCUT2D eigenvalue weighted by atomic mass is 32.1. The maximum Gasteiger partial charge on any atom is 0.309 e. The number of alkyl halides is 1. The van der Waals surface area contributed by atoms with Crippen LogP contribution in [-0.2, 0) is 33.3 Å². The van der Waals surface area contributed by atoms with Gasteiger partial charge >= 0.3 is 5.97 Å². The maximum atomic E-state index is 14.6. The van der Waals surface area contributed by atoms with E-state index in [0.29, 0.717) is 23.5 Å². The first-order chi connectivity index (χ1) is 33.2. The van der Waals surface area contributed by atoms with E-state index in [1.54, 1.807) is 78.4 Å². The Balaban J connectivity index is 1.42. The Morgan fingerprint density at radius 2 is 1.70 bits per heavy atom. The minimum absolute atomic E-state index is 0.0884. The van der Waals surface area contributed by atoms with Crippen molar-refractivity contribution < 1.29 is 68.3 Å². The fraction of sp³-hybridized carbons (Fsp3) is 0.804. The molecule has 20 heteroatoms. The number of carbonyl (C=O) groups excluding carboxylic acids is 2. The van der Waals surface area contributed by atoms with Crippen LogP contribution < -0.4 is 5.32 Å². The SMILES string of the molecule is CC[C@H]1OC(=O)[C@H](C)C([C@H]2C[C@@](C)(OC)[C@@H](O)[C@H](C)O2)[C@H](C)[C@@H](O[C@@H]2O[C@H](C)C[C@H](N(C)CCC(=O)N[C@H](CF)[C@H](O)c3ccc(-c4nncs4)cc3)[C@H]2O)[C@](C)(O)C[C@@H](C)CN(C)[C@H](C)[C@@H](O)[C@]1(C)O. The number of methoxy groups -OCH3 is 1. The van der Waals surface area contributed by atoms with E-state index in [1.807, 2.05) is 37.6 Å². The van der Waals surface area contributed by atoms with Crippen LogP contribution in [0.5, 0.6) is 0 Å². The standard InChI is InChI=1S/C51H84FN5O13S/c1-14-38-51(10,65)43(61)31(6)57(12)25-27(2)22-49(8,64)45(29(4)40(30(5)47(63)69-38)37-23-50(9,66-13)44(62)32(7)68-37)70-48-42(60)36(21-28(3)67-48)56(11)20-19-39(58)54-35(24-52)41(59)33-15-17-34(18-16-33)46-55-53-26-71-46/h15-18,26-32,35-38,40-45,48,59-62,64-65H,14,19-25H2,1-13H3,(H,54,58)/t27-,28-,29+,30-,31-,32+,35-,36+,37-,38-,40?,41-,42-,43-,44+,45-,48+,49-,50-,51-/m1/s1. The quantitative estimate of drug-likeness (QED) is 0.134. The van der Waals surface area contributed by atoms with Gasteiger partial charge in [0, 0.05) is 56.6 Å². The normalized spacial score (nSPS) is 40.3. The number of aliphatic hydroxyl groups excluding tert-OH is 4. The van der Waals surface area contributed by atoms with Gasteiger partial charge in [-0.05, 0) is 92.3 Å². The Labute approximate surface area is 423 Å². The van der Waals surface area contributed by atoms with Crippen molar-refractivity contribution in [3.05, 3.63) is 35.3 Å². The van der Waals surface area contributed by atoms with Gasteiger partial charge in [0.1, 0.15) is 53.3 Å². The van der Waals surface area contributed by atoms with Gasteiger partial charge in [-0.3, -0.25) is 9.59 Å². The second-order valence-corrected chi connectivity index (χ2v) is 22.5. The molecule has 3 fully saturated rings. The lowest BCUT2D eigenvalue weighted by molar-refractivity contribution is -0.302. The first-order valence-corrected chi connectivity index (χ1v) is 26.1. The third-order valence-corrected chi connectivity index (χ3v) is 16.6. The van der Waals surface area contributed by atoms with Crippen molar-refractivity contribution in [3.8, 4) is 10.6 Å². The molecule has 4 heterocycles. The summed E-state index contributed by atoms with van der Waals surface area (Å²) in [4.78, 5) is 31.6. The van der Waals surface area contributed by atoms with E-state index in [9.17, 15) is 44.6 Å². The maximum absolute atomic E-state index is 14.6. The van der Waals surface area contributed by atoms with Crippen molar-refractivity contribution in [1.82, 2.24) is 25.3 Å². The molecule has 71 heavy (non-hydrogen) atoms. The highest BCUT2D eigenvalue weighted by Crippen LogP contribution is 2.45. The van der Waals surface area contributed by atoms with Gasteiger partial charge in [0.25, 0.3) is 0 Å². The van der Waals surface area contributed by atoms with E-state index < -0.39 is 132 Å². The molecule has 3 aliphatic heterocycles. The molecular formula is C51H84FN5O13S. The molecule has 0 spiro atoms. The Morgan fingerprint density at radius 1 is 1.04 bits per heavy atom. The van der Waals surface area contributed by atoms with Crippen LogP contribution in [0.4, 0.5) is 4.39 Å². The number of likely N-dealkylation sites (N-methyl/N-ethyl adjacent to an activating group) is 2. The molecule has 18 nitrogen and oxygen atoms in total. The summed E-state index contributed by atoms with van der Waals surface area (Å²) in [6.07, 6.45) is -9.73. The van der Waals surface area contributed by atoms with Crippen molar-refractivity contribution in [1.29, 1.82) is 0 Å². The number of cyclic esters (lactones) is 1. The van der Waals surface area contributed by atoms with Gasteiger partial charge in [-0.15, -0.1) is 10.2 Å². The predicted molar refractivity (Wildman–Crippen MR) is 265 cm³/mol. The Kier molecular flexibility index (Phi) is 20.5. The zero-order chi connectivity index (χ0) is 52.9. The van der Waals surface area contributed by atoms with Crippen molar-refractivity contribution in [2.24, 2.45) is 23.7 Å². The number of carbonyl (C=O) groups is 2. The second kappa shape index (κ2) is 24.7. The van der Waals surface area contributed by atoms with E-state index in [-0.39, 0.29) is 38.1 Å². The lowest BCUT2D eigenvalue weighted by Gasteiger charge is -2.51. The molecule has 1 aromatic heterocycles. The van der Waals surface area contributed by atoms with Crippen molar-refractivity contribution in [2.45, 2.75) is 197 Å². The lowest BCUT2D eigenvalue weighted by atomic mass is 9.68. The average Bonchev–Trinajstić information content (AvgIpc) is 3.87. The number of amides is 1. The number of halogens is 1. The third kappa shape index (κ3) is 13.7. The van der Waals surface area contributed by atoms with Gasteiger partial charge in [0.2, 0.25) is 5.91 Å². The zero-order valence-corrected chi connectivity index (χ0v) is 44.8. The molecule has 1 unspecified atom stereocenters. The molecular weight excluding hydrogens is 942 g/mol. The molecule has 5 rings (SSSR count). The number of ether oxygens (including phenoxy) is 5. The molecule has 20 atom stereocenters. The van der Waals surface area contributed by atoms with Gasteiger partial charge < -0.3 is 69.4 Å². The molecule has 3 saturated heterocycles. The monoisotopic (exact) mass is 1030 g/mol. The Hall–Kier alpha value is -2.83. The second-order valence-electron chi connectivity index (χ2n) is 21.7. The fourth-order valence-corrected chi connectivity index (χ4v) is 12.0. The van der Waals surface area contributed by atoms with Crippen LogP contribution in [0, 0.1) is 23.7 Å². The molecule has 0 aliphatic carbocycles. The van der Waals surface area contributed by atoms with Crippen LogP contribution in [0.25, 0.3) is 10.6 Å². The summed E-state index contributed by atoms with van der Waals surface area (Å²) >= 11 is 1.36. The fourth-order valence-electron chi connectivity index (χ4n) is 11.5. The van der Waals surface area contributed by atoms with Crippen LogP contribution >= 0.6 is 11.3 Å². The molecule has 3 aliphatic rings. The molecule has 0 radical (unpaired) electrons. The Bertz CT molecular complexity index is 1990. The summed E-state index contributed by atoms with van der Waals surface area (Å²) in [6.45, 7) is 17.0. The largest absolute Gasteiger partial charge is 0.459 e. The average molecular weight is 1030 g/mol. The zero-order valence-electron chi connectivity index (χ0n) is 44.0. The van der Waals surface area contributed by atoms with E-state index in [1.165, 1.54) is 25.4 Å². The minimum atomic E-state index is -1.85. The minimum Gasteiger partial charge on any atom is -0.459 e. The van der Waals surface area contributed by atoms with Crippen LogP contribution in [0.15, 0.2) is 29.8 Å². The van der Waals surface area contributed by atoms with Gasteiger partial charge in [-0.1, -0.05) is 63.3 Å². The number of hydrogen-bond acceptors (Lipinski definition) is 18. The Morgan fingerprint density at radius 3 is 2.30 bits per heavy atom. The van der Waals surface area contributed by atoms with Gasteiger partial charge in [0.05, 0.1) is 47.6 Å². The highest BCUT2D eigenvalue weighted by Gasteiger charge is 2.55. The predicted octanol–water partition coefficient (Wildman–Crippen LogP) is 3.64. The number of aromatic nitrogens is 2. The summed E-state index contributed by atoms with van der Waals surface area (Å²) in [5, 5.41) is 82.2. The van der Waals surface area contributed by atoms with Gasteiger partial charge in [0.15, 0.2) is 6.29 Å². The summed E-state index contributed by atoms with van der Waals surface area (Å²) < 4.78 is 46.3. The van der Waals surface area contributed by atoms with E-state index in [4.69, 9.17) is 23.7 Å². The number of benzene rings is 1. The number of hydrogen-bond donors (Lipinski definition) is 7. The summed E-state index contributed by atoms with van der Waals surface area (Å²) in [6, 6.07) is 4.39. The van der Waals surface area contributed by atoms with Gasteiger partial charge in [-0.2, -0.15) is 0 Å². The first-order valence-electron chi connectivity index (χ1n) is 25.2. The van der Waals surface area contributed by atoms with Crippen LogP contribution in [0.2, 0.25) is 0 Å². The smallest absolute Gasteiger partial charge is 0.309 e. The van der Waals surface area contributed by atoms with Crippen LogP contribution in [0.1, 0.15) is 113 Å². The summed E-state index contributed by atoms with van der Waals surface area (Å²) in [7, 11) is 5.07. The van der Waals surface area contributed by atoms with E-state index in [2.05, 4.69) is 15.5 Å². The number of esters is 1. The number of rotatable bonds is 14. The third-order valence-electron chi connectivity index (χ3n) is 15.9. The topological polar surface area (TPSA) is 246 Å². The molecule has 0 bridgehead atoms.